The fraction of sp³-hybridized carbons (Fsp3) is 0.300. The summed E-state index contributed by atoms with van der Waals surface area (Å²) in [5, 5.41) is 10.5. The molecule has 3 aromatic rings. The molecule has 2 heterocycles. The Balaban J connectivity index is 1.42. The molecule has 0 bridgehead atoms. The van der Waals surface area contributed by atoms with Gasteiger partial charge in [-0.1, -0.05) is 30.3 Å². The van der Waals surface area contributed by atoms with Gasteiger partial charge < -0.3 is 0 Å². The number of rotatable bonds is 3. The van der Waals surface area contributed by atoms with E-state index in [0.29, 0.717) is 5.92 Å². The first-order valence-corrected chi connectivity index (χ1v) is 9.21. The van der Waals surface area contributed by atoms with E-state index in [1.54, 1.807) is 0 Å². The third kappa shape index (κ3) is 3.06. The number of benzene rings is 2. The van der Waals surface area contributed by atoms with Gasteiger partial charge in [0.25, 0.3) is 0 Å². The summed E-state index contributed by atoms with van der Waals surface area (Å²) in [7, 11) is 0. The summed E-state index contributed by atoms with van der Waals surface area (Å²) in [5.74, 6) is 0.574. The molecule has 1 aliphatic heterocycles. The highest BCUT2D eigenvalue weighted by atomic mass is 32.1. The van der Waals surface area contributed by atoms with E-state index in [-0.39, 0.29) is 0 Å². The quantitative estimate of drug-likeness (QED) is 0.706. The van der Waals surface area contributed by atoms with Gasteiger partial charge in [-0.3, -0.25) is 4.90 Å². The third-order valence-electron chi connectivity index (χ3n) is 4.78. The number of hydrogen-bond donors (Lipinski definition) is 0. The van der Waals surface area contributed by atoms with Crippen molar-refractivity contribution in [3.05, 3.63) is 64.7 Å². The van der Waals surface area contributed by atoms with Gasteiger partial charge in [-0.2, -0.15) is 5.26 Å². The molecule has 1 fully saturated rings. The minimum atomic E-state index is 0.574. The second-order valence-corrected chi connectivity index (χ2v) is 7.40. The SMILES string of the molecule is N#Cc1ccccc1CN1CCC(c2nc3ccccc3s2)CC1. The highest BCUT2D eigenvalue weighted by Gasteiger charge is 2.23. The van der Waals surface area contributed by atoms with Gasteiger partial charge in [0.1, 0.15) is 0 Å². The number of aromatic nitrogens is 1. The number of hydrogen-bond acceptors (Lipinski definition) is 4. The van der Waals surface area contributed by atoms with Gasteiger partial charge in [0.05, 0.1) is 26.9 Å². The van der Waals surface area contributed by atoms with Gasteiger partial charge in [0, 0.05) is 12.5 Å². The Hall–Kier alpha value is -2.22. The summed E-state index contributed by atoms with van der Waals surface area (Å²) < 4.78 is 1.29. The molecule has 0 radical (unpaired) electrons. The fourth-order valence-electron chi connectivity index (χ4n) is 3.41. The van der Waals surface area contributed by atoms with Crippen LogP contribution in [0, 0.1) is 11.3 Å². The van der Waals surface area contributed by atoms with Gasteiger partial charge >= 0.3 is 0 Å². The van der Waals surface area contributed by atoms with E-state index in [2.05, 4.69) is 41.3 Å². The maximum atomic E-state index is 9.23. The van der Waals surface area contributed by atoms with Crippen LogP contribution in [0.25, 0.3) is 10.2 Å². The Morgan fingerprint density at radius 3 is 2.62 bits per heavy atom. The number of para-hydroxylation sites is 1. The van der Waals surface area contributed by atoms with Crippen LogP contribution < -0.4 is 0 Å². The zero-order valence-electron chi connectivity index (χ0n) is 13.5. The van der Waals surface area contributed by atoms with Gasteiger partial charge in [0.15, 0.2) is 0 Å². The number of nitriles is 1. The third-order valence-corrected chi connectivity index (χ3v) is 5.98. The van der Waals surface area contributed by atoms with Crippen molar-refractivity contribution < 1.29 is 0 Å². The average molecular weight is 333 g/mol. The molecule has 0 saturated carbocycles. The molecule has 1 aliphatic rings. The first-order chi connectivity index (χ1) is 11.8. The molecule has 0 spiro atoms. The molecule has 0 atom stereocenters. The zero-order valence-corrected chi connectivity index (χ0v) is 14.3. The lowest BCUT2D eigenvalue weighted by molar-refractivity contribution is 0.204. The van der Waals surface area contributed by atoms with E-state index in [9.17, 15) is 5.26 Å². The lowest BCUT2D eigenvalue weighted by Crippen LogP contribution is -2.32. The molecule has 120 valence electrons. The molecule has 4 rings (SSSR count). The van der Waals surface area contributed by atoms with Gasteiger partial charge in [-0.25, -0.2) is 4.98 Å². The number of fused-ring (bicyclic) bond motifs is 1. The second-order valence-electron chi connectivity index (χ2n) is 6.34. The van der Waals surface area contributed by atoms with Crippen molar-refractivity contribution in [3.63, 3.8) is 0 Å². The fourth-order valence-corrected chi connectivity index (χ4v) is 4.55. The summed E-state index contributed by atoms with van der Waals surface area (Å²) in [5.41, 5.74) is 3.06. The monoisotopic (exact) mass is 333 g/mol. The Bertz CT molecular complexity index is 852. The van der Waals surface area contributed by atoms with E-state index in [0.717, 1.165) is 49.1 Å². The van der Waals surface area contributed by atoms with Crippen LogP contribution in [0.15, 0.2) is 48.5 Å². The summed E-state index contributed by atoms with van der Waals surface area (Å²) >= 11 is 1.84. The Labute approximate surface area is 146 Å². The molecule has 1 aromatic heterocycles. The largest absolute Gasteiger partial charge is 0.299 e. The lowest BCUT2D eigenvalue weighted by atomic mass is 9.96. The average Bonchev–Trinajstić information content (AvgIpc) is 3.07. The van der Waals surface area contributed by atoms with Crippen LogP contribution in [0.2, 0.25) is 0 Å². The number of piperidine rings is 1. The van der Waals surface area contributed by atoms with Gasteiger partial charge in [-0.15, -0.1) is 11.3 Å². The molecule has 4 heteroatoms. The van der Waals surface area contributed by atoms with Crippen LogP contribution in [0.4, 0.5) is 0 Å². The number of thiazole rings is 1. The molecule has 24 heavy (non-hydrogen) atoms. The van der Waals surface area contributed by atoms with Crippen molar-refractivity contribution in [1.29, 1.82) is 5.26 Å². The molecule has 0 unspecified atom stereocenters. The normalized spacial score (nSPS) is 16.3. The molecule has 0 amide bonds. The second kappa shape index (κ2) is 6.72. The van der Waals surface area contributed by atoms with Crippen LogP contribution in [-0.2, 0) is 6.54 Å². The summed E-state index contributed by atoms with van der Waals surface area (Å²) in [6, 6.07) is 18.6. The van der Waals surface area contributed by atoms with E-state index < -0.39 is 0 Å². The molecular weight excluding hydrogens is 314 g/mol. The first-order valence-electron chi connectivity index (χ1n) is 8.39. The molecule has 3 nitrogen and oxygen atoms in total. The maximum Gasteiger partial charge on any atom is 0.0995 e. The van der Waals surface area contributed by atoms with E-state index >= 15 is 0 Å². The number of likely N-dealkylation sites (tertiary alicyclic amines) is 1. The van der Waals surface area contributed by atoms with Crippen LogP contribution in [0.5, 0.6) is 0 Å². The zero-order chi connectivity index (χ0) is 16.4. The van der Waals surface area contributed by atoms with E-state index in [4.69, 9.17) is 4.98 Å². The van der Waals surface area contributed by atoms with Crippen LogP contribution in [-0.4, -0.2) is 23.0 Å². The van der Waals surface area contributed by atoms with Crippen molar-refractivity contribution in [2.45, 2.75) is 25.3 Å². The van der Waals surface area contributed by atoms with Crippen molar-refractivity contribution in [2.75, 3.05) is 13.1 Å². The predicted octanol–water partition coefficient (Wildman–Crippen LogP) is 4.55. The minimum Gasteiger partial charge on any atom is -0.299 e. The van der Waals surface area contributed by atoms with E-state index in [1.807, 2.05) is 29.5 Å². The molecule has 2 aromatic carbocycles. The molecular formula is C20H19N3S. The Kier molecular flexibility index (Phi) is 4.29. The summed E-state index contributed by atoms with van der Waals surface area (Å²) in [6.45, 7) is 3.01. The Morgan fingerprint density at radius 1 is 1.08 bits per heavy atom. The van der Waals surface area contributed by atoms with Crippen LogP contribution in [0.3, 0.4) is 0 Å². The maximum absolute atomic E-state index is 9.23. The molecule has 0 aliphatic carbocycles. The van der Waals surface area contributed by atoms with E-state index in [1.165, 1.54) is 9.71 Å². The van der Waals surface area contributed by atoms with Crippen LogP contribution >= 0.6 is 11.3 Å². The minimum absolute atomic E-state index is 0.574. The predicted molar refractivity (Wildman–Crippen MR) is 98.0 cm³/mol. The van der Waals surface area contributed by atoms with Gasteiger partial charge in [-0.05, 0) is 49.7 Å². The smallest absolute Gasteiger partial charge is 0.0995 e. The topological polar surface area (TPSA) is 39.9 Å². The lowest BCUT2D eigenvalue weighted by Gasteiger charge is -2.31. The highest BCUT2D eigenvalue weighted by Crippen LogP contribution is 2.34. The standard InChI is InChI=1S/C20H19N3S/c21-13-16-5-1-2-6-17(16)14-23-11-9-15(10-12-23)20-22-18-7-3-4-8-19(18)24-20/h1-8,15H,9-12,14H2. The summed E-state index contributed by atoms with van der Waals surface area (Å²) in [6.07, 6.45) is 2.29. The molecule has 1 saturated heterocycles. The first kappa shape index (κ1) is 15.3. The van der Waals surface area contributed by atoms with Crippen LogP contribution in [0.1, 0.15) is 34.9 Å². The molecule has 0 N–H and O–H groups in total. The van der Waals surface area contributed by atoms with Crippen molar-refractivity contribution >= 4 is 21.6 Å². The van der Waals surface area contributed by atoms with Crippen molar-refractivity contribution in [1.82, 2.24) is 9.88 Å². The Morgan fingerprint density at radius 2 is 1.83 bits per heavy atom. The number of nitrogens with zero attached hydrogens (tertiary/aromatic N) is 3. The van der Waals surface area contributed by atoms with Gasteiger partial charge in [0.2, 0.25) is 0 Å². The van der Waals surface area contributed by atoms with Crippen molar-refractivity contribution in [2.24, 2.45) is 0 Å². The van der Waals surface area contributed by atoms with Crippen molar-refractivity contribution in [3.8, 4) is 6.07 Å². The summed E-state index contributed by atoms with van der Waals surface area (Å²) in [4.78, 5) is 7.29. The highest BCUT2D eigenvalue weighted by molar-refractivity contribution is 7.18.